The Hall–Kier alpha value is -2.53. The first-order chi connectivity index (χ1) is 12.1. The van der Waals surface area contributed by atoms with Crippen LogP contribution in [0.2, 0.25) is 0 Å². The number of hydrogen-bond acceptors (Lipinski definition) is 4. The van der Waals surface area contributed by atoms with Gasteiger partial charge in [0.2, 0.25) is 0 Å². The summed E-state index contributed by atoms with van der Waals surface area (Å²) in [6.07, 6.45) is 1.93. The number of hydrogen-bond donors (Lipinski definition) is 0. The molecule has 0 spiro atoms. The smallest absolute Gasteiger partial charge is 0.266 e. The number of nitrogens with zero attached hydrogens (tertiary/aromatic N) is 3. The van der Waals surface area contributed by atoms with Crippen molar-refractivity contribution in [2.24, 2.45) is 4.99 Å². The summed E-state index contributed by atoms with van der Waals surface area (Å²) in [5.41, 5.74) is 3.00. The molecule has 0 N–H and O–H groups in total. The average Bonchev–Trinajstić information content (AvgIpc) is 2.91. The summed E-state index contributed by atoms with van der Waals surface area (Å²) < 4.78 is 0. The second kappa shape index (κ2) is 7.57. The van der Waals surface area contributed by atoms with Crippen LogP contribution in [0.25, 0.3) is 6.08 Å². The maximum atomic E-state index is 12.7. The standard InChI is InChI=1S/C20H21N3OS/c1-4-23-19(24)18(14-15-10-12-17(13-11-15)22(2)3)25-20(23)21-16-8-6-5-7-9-16/h5-14H,4H2,1-3H3/b18-14+,21-20?. The van der Waals surface area contributed by atoms with E-state index in [2.05, 4.69) is 9.89 Å². The quantitative estimate of drug-likeness (QED) is 0.767. The number of anilines is 1. The Bertz CT molecular complexity index is 811. The van der Waals surface area contributed by atoms with Crippen LogP contribution in [-0.4, -0.2) is 36.6 Å². The number of rotatable bonds is 4. The van der Waals surface area contributed by atoms with Crippen LogP contribution in [0.4, 0.5) is 11.4 Å². The predicted molar refractivity (Wildman–Crippen MR) is 107 cm³/mol. The molecule has 4 nitrogen and oxygen atoms in total. The summed E-state index contributed by atoms with van der Waals surface area (Å²) >= 11 is 1.43. The second-order valence-corrected chi connectivity index (χ2v) is 6.89. The predicted octanol–water partition coefficient (Wildman–Crippen LogP) is 4.38. The van der Waals surface area contributed by atoms with Gasteiger partial charge in [0.25, 0.3) is 5.91 Å². The maximum Gasteiger partial charge on any atom is 0.266 e. The monoisotopic (exact) mass is 351 g/mol. The molecule has 1 aliphatic rings. The largest absolute Gasteiger partial charge is 0.378 e. The Kier molecular flexibility index (Phi) is 5.24. The molecule has 0 aromatic heterocycles. The van der Waals surface area contributed by atoms with E-state index in [1.165, 1.54) is 11.8 Å². The van der Waals surface area contributed by atoms with E-state index in [9.17, 15) is 4.79 Å². The van der Waals surface area contributed by atoms with Crippen LogP contribution in [0, 0.1) is 0 Å². The first-order valence-electron chi connectivity index (χ1n) is 8.21. The van der Waals surface area contributed by atoms with Gasteiger partial charge in [-0.25, -0.2) is 4.99 Å². The SMILES string of the molecule is CCN1C(=O)/C(=C\c2ccc(N(C)C)cc2)SC1=Nc1ccccc1. The van der Waals surface area contributed by atoms with Crippen LogP contribution >= 0.6 is 11.8 Å². The number of aliphatic imine (C=N–C) groups is 1. The van der Waals surface area contributed by atoms with Crippen molar-refractivity contribution >= 4 is 40.3 Å². The molecule has 0 unspecified atom stereocenters. The lowest BCUT2D eigenvalue weighted by Gasteiger charge is -2.12. The van der Waals surface area contributed by atoms with Gasteiger partial charge < -0.3 is 4.90 Å². The van der Waals surface area contributed by atoms with Crippen LogP contribution in [0.3, 0.4) is 0 Å². The van der Waals surface area contributed by atoms with E-state index in [1.807, 2.05) is 81.7 Å². The highest BCUT2D eigenvalue weighted by atomic mass is 32.2. The fraction of sp³-hybridized carbons (Fsp3) is 0.200. The molecule has 2 aromatic carbocycles. The molecule has 0 radical (unpaired) electrons. The number of carbonyl (C=O) groups excluding carboxylic acids is 1. The molecule has 0 bridgehead atoms. The van der Waals surface area contributed by atoms with Gasteiger partial charge in [0.15, 0.2) is 5.17 Å². The molecule has 1 saturated heterocycles. The molecule has 1 amide bonds. The van der Waals surface area contributed by atoms with E-state index in [-0.39, 0.29) is 5.91 Å². The fourth-order valence-corrected chi connectivity index (χ4v) is 3.57. The third-order valence-corrected chi connectivity index (χ3v) is 4.90. The van der Waals surface area contributed by atoms with Crippen LogP contribution in [-0.2, 0) is 4.79 Å². The molecule has 1 aliphatic heterocycles. The third-order valence-electron chi connectivity index (χ3n) is 3.89. The van der Waals surface area contributed by atoms with Crippen LogP contribution < -0.4 is 4.90 Å². The first-order valence-corrected chi connectivity index (χ1v) is 9.02. The Balaban J connectivity index is 1.88. The van der Waals surface area contributed by atoms with Gasteiger partial charge >= 0.3 is 0 Å². The molecule has 2 aromatic rings. The lowest BCUT2D eigenvalue weighted by Crippen LogP contribution is -2.28. The highest BCUT2D eigenvalue weighted by Crippen LogP contribution is 2.34. The molecule has 1 heterocycles. The normalized spacial score (nSPS) is 17.6. The number of amidine groups is 1. The molecule has 0 atom stereocenters. The van der Waals surface area contributed by atoms with Gasteiger partial charge in [-0.15, -0.1) is 0 Å². The summed E-state index contributed by atoms with van der Waals surface area (Å²) in [4.78, 5) is 21.8. The molecule has 128 valence electrons. The first kappa shape index (κ1) is 17.3. The Labute approximate surface area is 152 Å². The number of benzene rings is 2. The number of para-hydroxylation sites is 1. The zero-order chi connectivity index (χ0) is 17.8. The van der Waals surface area contributed by atoms with E-state index in [0.29, 0.717) is 11.4 Å². The maximum absolute atomic E-state index is 12.7. The van der Waals surface area contributed by atoms with Gasteiger partial charge in [-0.3, -0.25) is 9.69 Å². The minimum atomic E-state index is 0.0128. The van der Waals surface area contributed by atoms with Crippen molar-refractivity contribution in [1.29, 1.82) is 0 Å². The minimum Gasteiger partial charge on any atom is -0.378 e. The Morgan fingerprint density at radius 2 is 1.76 bits per heavy atom. The molecular formula is C20H21N3OS. The highest BCUT2D eigenvalue weighted by molar-refractivity contribution is 8.18. The lowest BCUT2D eigenvalue weighted by atomic mass is 10.2. The summed E-state index contributed by atoms with van der Waals surface area (Å²) in [6.45, 7) is 2.57. The molecule has 25 heavy (non-hydrogen) atoms. The van der Waals surface area contributed by atoms with E-state index >= 15 is 0 Å². The topological polar surface area (TPSA) is 35.9 Å². The van der Waals surface area contributed by atoms with Gasteiger partial charge in [-0.05, 0) is 54.6 Å². The fourth-order valence-electron chi connectivity index (χ4n) is 2.50. The summed E-state index contributed by atoms with van der Waals surface area (Å²) in [7, 11) is 4.02. The summed E-state index contributed by atoms with van der Waals surface area (Å²) in [5, 5.41) is 0.731. The van der Waals surface area contributed by atoms with Crippen LogP contribution in [0.15, 0.2) is 64.5 Å². The van der Waals surface area contributed by atoms with Crippen molar-refractivity contribution in [3.63, 3.8) is 0 Å². The van der Waals surface area contributed by atoms with Gasteiger partial charge in [0.05, 0.1) is 10.6 Å². The van der Waals surface area contributed by atoms with Crippen molar-refractivity contribution in [3.8, 4) is 0 Å². The van der Waals surface area contributed by atoms with Crippen molar-refractivity contribution in [3.05, 3.63) is 65.1 Å². The molecule has 3 rings (SSSR count). The van der Waals surface area contributed by atoms with Crippen LogP contribution in [0.1, 0.15) is 12.5 Å². The Morgan fingerprint density at radius 1 is 1.08 bits per heavy atom. The van der Waals surface area contributed by atoms with Gasteiger partial charge in [0.1, 0.15) is 0 Å². The number of thioether (sulfide) groups is 1. The number of amides is 1. The molecule has 5 heteroatoms. The average molecular weight is 351 g/mol. The highest BCUT2D eigenvalue weighted by Gasteiger charge is 2.32. The van der Waals surface area contributed by atoms with Crippen LogP contribution in [0.5, 0.6) is 0 Å². The molecule has 1 fully saturated rings. The van der Waals surface area contributed by atoms with Gasteiger partial charge in [0, 0.05) is 26.3 Å². The van der Waals surface area contributed by atoms with E-state index < -0.39 is 0 Å². The van der Waals surface area contributed by atoms with Gasteiger partial charge in [-0.2, -0.15) is 0 Å². The van der Waals surface area contributed by atoms with E-state index in [0.717, 1.165) is 22.1 Å². The zero-order valence-electron chi connectivity index (χ0n) is 14.6. The van der Waals surface area contributed by atoms with Crippen molar-refractivity contribution in [2.75, 3.05) is 25.5 Å². The summed E-state index contributed by atoms with van der Waals surface area (Å²) in [5.74, 6) is 0.0128. The molecular weight excluding hydrogens is 330 g/mol. The lowest BCUT2D eigenvalue weighted by molar-refractivity contribution is -0.122. The summed E-state index contributed by atoms with van der Waals surface area (Å²) in [6, 6.07) is 17.9. The van der Waals surface area contributed by atoms with E-state index in [1.54, 1.807) is 4.90 Å². The number of likely N-dealkylation sites (N-methyl/N-ethyl adjacent to an activating group) is 1. The Morgan fingerprint density at radius 3 is 2.36 bits per heavy atom. The van der Waals surface area contributed by atoms with E-state index in [4.69, 9.17) is 0 Å². The molecule has 0 saturated carbocycles. The third kappa shape index (κ3) is 3.94. The molecule has 0 aliphatic carbocycles. The second-order valence-electron chi connectivity index (χ2n) is 5.88. The minimum absolute atomic E-state index is 0.0128. The van der Waals surface area contributed by atoms with Crippen molar-refractivity contribution < 1.29 is 4.79 Å². The van der Waals surface area contributed by atoms with Crippen molar-refractivity contribution in [2.45, 2.75) is 6.92 Å². The number of carbonyl (C=O) groups is 1. The zero-order valence-corrected chi connectivity index (χ0v) is 15.5. The van der Waals surface area contributed by atoms with Gasteiger partial charge in [-0.1, -0.05) is 30.3 Å². The van der Waals surface area contributed by atoms with Crippen molar-refractivity contribution in [1.82, 2.24) is 4.90 Å².